The fourth-order valence-corrected chi connectivity index (χ4v) is 3.98. The van der Waals surface area contributed by atoms with Gasteiger partial charge in [-0.15, -0.1) is 12.4 Å². The number of amides is 1. The zero-order valence-corrected chi connectivity index (χ0v) is 13.5. The van der Waals surface area contributed by atoms with Crippen LogP contribution < -0.4 is 0 Å². The second kappa shape index (κ2) is 6.53. The molecule has 3 rings (SSSR count). The van der Waals surface area contributed by atoms with Crippen LogP contribution in [0.3, 0.4) is 0 Å². The molecule has 2 saturated heterocycles. The van der Waals surface area contributed by atoms with E-state index in [0.717, 1.165) is 45.4 Å². The van der Waals surface area contributed by atoms with Crippen LogP contribution in [0.1, 0.15) is 39.0 Å². The Balaban J connectivity index is 0.00000161. The van der Waals surface area contributed by atoms with E-state index in [9.17, 15) is 9.59 Å². The number of halogens is 1. The third-order valence-corrected chi connectivity index (χ3v) is 5.17. The molecule has 1 spiro atoms. The van der Waals surface area contributed by atoms with Crippen molar-refractivity contribution in [3.05, 3.63) is 0 Å². The largest absolute Gasteiger partial charge is 0.450 e. The van der Waals surface area contributed by atoms with E-state index in [-0.39, 0.29) is 18.5 Å². The lowest BCUT2D eigenvalue weighted by Crippen LogP contribution is -2.54. The smallest absolute Gasteiger partial charge is 0.409 e. The number of carbonyl (C=O) groups excluding carboxylic acids is 2. The molecule has 0 aromatic heterocycles. The summed E-state index contributed by atoms with van der Waals surface area (Å²) in [6.45, 7) is 5.86. The normalized spacial score (nSPS) is 32.7. The quantitative estimate of drug-likeness (QED) is 0.782. The number of carbonyl (C=O) groups is 2. The fourth-order valence-electron chi connectivity index (χ4n) is 3.98. The first-order valence-electron chi connectivity index (χ1n) is 7.79. The van der Waals surface area contributed by atoms with Crippen molar-refractivity contribution in [3.63, 3.8) is 0 Å². The van der Waals surface area contributed by atoms with Crippen LogP contribution in [0.4, 0.5) is 4.79 Å². The minimum absolute atomic E-state index is 0. The summed E-state index contributed by atoms with van der Waals surface area (Å²) < 4.78 is 5.08. The summed E-state index contributed by atoms with van der Waals surface area (Å²) >= 11 is 0. The van der Waals surface area contributed by atoms with Gasteiger partial charge in [-0.05, 0) is 31.6 Å². The molecule has 0 radical (unpaired) electrons. The van der Waals surface area contributed by atoms with Crippen molar-refractivity contribution in [2.75, 3.05) is 32.8 Å². The molecular weight excluding hydrogens is 292 g/mol. The summed E-state index contributed by atoms with van der Waals surface area (Å²) in [4.78, 5) is 27.4. The first kappa shape index (κ1) is 16.6. The molecule has 1 amide bonds. The first-order chi connectivity index (χ1) is 9.62. The van der Waals surface area contributed by atoms with Crippen molar-refractivity contribution in [3.8, 4) is 0 Å². The maximum atomic E-state index is 11.7. The van der Waals surface area contributed by atoms with Gasteiger partial charge in [0, 0.05) is 45.1 Å². The van der Waals surface area contributed by atoms with Gasteiger partial charge in [0.25, 0.3) is 0 Å². The summed E-state index contributed by atoms with van der Waals surface area (Å²) in [5.74, 6) is 0.407. The van der Waals surface area contributed by atoms with E-state index < -0.39 is 0 Å². The van der Waals surface area contributed by atoms with Crippen LogP contribution in [0.2, 0.25) is 0 Å². The molecule has 1 saturated carbocycles. The van der Waals surface area contributed by atoms with Gasteiger partial charge in [0.05, 0.1) is 6.61 Å². The highest BCUT2D eigenvalue weighted by atomic mass is 35.5. The second-order valence-corrected chi connectivity index (χ2v) is 6.51. The minimum atomic E-state index is -0.156. The molecular formula is C15H25ClN2O3. The Morgan fingerprint density at radius 3 is 2.57 bits per heavy atom. The molecule has 0 bridgehead atoms. The highest BCUT2D eigenvalue weighted by Crippen LogP contribution is 2.50. The van der Waals surface area contributed by atoms with Crippen LogP contribution in [-0.2, 0) is 9.53 Å². The molecule has 21 heavy (non-hydrogen) atoms. The fraction of sp³-hybridized carbons (Fsp3) is 0.867. The van der Waals surface area contributed by atoms with E-state index in [1.54, 1.807) is 0 Å². The molecule has 3 fully saturated rings. The average Bonchev–Trinajstić information content (AvgIpc) is 2.84. The van der Waals surface area contributed by atoms with Gasteiger partial charge in [-0.3, -0.25) is 9.69 Å². The molecule has 3 aliphatic rings. The van der Waals surface area contributed by atoms with Gasteiger partial charge >= 0.3 is 6.09 Å². The summed E-state index contributed by atoms with van der Waals surface area (Å²) in [6, 6.07) is 0.630. The van der Waals surface area contributed by atoms with Crippen molar-refractivity contribution < 1.29 is 14.3 Å². The van der Waals surface area contributed by atoms with Crippen LogP contribution in [-0.4, -0.2) is 60.5 Å². The van der Waals surface area contributed by atoms with Gasteiger partial charge in [0.15, 0.2) is 0 Å². The number of hydrogen-bond donors (Lipinski definition) is 0. The van der Waals surface area contributed by atoms with Crippen molar-refractivity contribution in [2.24, 2.45) is 5.41 Å². The number of nitrogens with zero attached hydrogens (tertiary/aromatic N) is 2. The molecule has 0 N–H and O–H groups in total. The van der Waals surface area contributed by atoms with Crippen LogP contribution in [0.5, 0.6) is 0 Å². The molecule has 0 aromatic rings. The van der Waals surface area contributed by atoms with Crippen LogP contribution in [0.25, 0.3) is 0 Å². The van der Waals surface area contributed by atoms with E-state index in [1.165, 1.54) is 12.8 Å². The molecule has 1 aliphatic carbocycles. The predicted molar refractivity (Wildman–Crippen MR) is 81.7 cm³/mol. The lowest BCUT2D eigenvalue weighted by atomic mass is 9.64. The van der Waals surface area contributed by atoms with E-state index in [2.05, 4.69) is 4.90 Å². The molecule has 0 atom stereocenters. The number of hydrogen-bond acceptors (Lipinski definition) is 4. The van der Waals surface area contributed by atoms with Crippen molar-refractivity contribution in [1.82, 2.24) is 9.80 Å². The summed E-state index contributed by atoms with van der Waals surface area (Å²) in [7, 11) is 0. The average molecular weight is 317 g/mol. The number of ketones is 1. The Bertz CT molecular complexity index is 400. The third-order valence-electron chi connectivity index (χ3n) is 5.17. The summed E-state index contributed by atoms with van der Waals surface area (Å²) in [6.07, 6.45) is 4.75. The number of ether oxygens (including phenoxy) is 1. The Labute approximate surface area is 132 Å². The molecule has 5 nitrogen and oxygen atoms in total. The molecule has 2 aliphatic heterocycles. The number of piperidine rings is 1. The maximum Gasteiger partial charge on any atom is 0.409 e. The van der Waals surface area contributed by atoms with Gasteiger partial charge < -0.3 is 9.64 Å². The maximum absolute atomic E-state index is 11.7. The molecule has 120 valence electrons. The SMILES string of the molecule is CCOC(=O)N1CCC2(CC(N3CCC(=O)CC3)C2)C1.Cl. The van der Waals surface area contributed by atoms with Crippen LogP contribution in [0, 0.1) is 5.41 Å². The lowest BCUT2D eigenvalue weighted by molar-refractivity contribution is -0.123. The molecule has 0 aromatic carbocycles. The van der Waals surface area contributed by atoms with Crippen LogP contribution >= 0.6 is 12.4 Å². The summed E-state index contributed by atoms with van der Waals surface area (Å²) in [5.41, 5.74) is 0.332. The summed E-state index contributed by atoms with van der Waals surface area (Å²) in [5, 5.41) is 0. The van der Waals surface area contributed by atoms with E-state index in [4.69, 9.17) is 4.74 Å². The third kappa shape index (κ3) is 3.34. The van der Waals surface area contributed by atoms with Gasteiger partial charge in [0.1, 0.15) is 5.78 Å². The number of likely N-dealkylation sites (tertiary alicyclic amines) is 2. The highest BCUT2D eigenvalue weighted by Gasteiger charge is 2.51. The first-order valence-corrected chi connectivity index (χ1v) is 7.79. The molecule has 0 unspecified atom stereocenters. The molecule has 6 heteroatoms. The Kier molecular flexibility index (Phi) is 5.15. The van der Waals surface area contributed by atoms with Gasteiger partial charge in [-0.25, -0.2) is 4.79 Å². The van der Waals surface area contributed by atoms with Crippen molar-refractivity contribution >= 4 is 24.3 Å². The minimum Gasteiger partial charge on any atom is -0.450 e. The van der Waals surface area contributed by atoms with E-state index in [1.807, 2.05) is 11.8 Å². The number of Topliss-reactive ketones (excluding diaryl/α,β-unsaturated/α-hetero) is 1. The van der Waals surface area contributed by atoms with Gasteiger partial charge in [0.2, 0.25) is 0 Å². The molecule has 2 heterocycles. The topological polar surface area (TPSA) is 49.9 Å². The monoisotopic (exact) mass is 316 g/mol. The zero-order valence-electron chi connectivity index (χ0n) is 12.7. The van der Waals surface area contributed by atoms with Crippen molar-refractivity contribution in [2.45, 2.75) is 45.1 Å². The number of rotatable bonds is 2. The Morgan fingerprint density at radius 2 is 1.95 bits per heavy atom. The second-order valence-electron chi connectivity index (χ2n) is 6.51. The Hall–Kier alpha value is -0.810. The predicted octanol–water partition coefficient (Wildman–Crippen LogP) is 2.08. The lowest BCUT2D eigenvalue weighted by Gasteiger charge is -2.50. The van der Waals surface area contributed by atoms with E-state index in [0.29, 0.717) is 23.8 Å². The van der Waals surface area contributed by atoms with Gasteiger partial charge in [-0.1, -0.05) is 0 Å². The Morgan fingerprint density at radius 1 is 1.29 bits per heavy atom. The van der Waals surface area contributed by atoms with Gasteiger partial charge in [-0.2, -0.15) is 0 Å². The zero-order chi connectivity index (χ0) is 14.2. The standard InChI is InChI=1S/C15H24N2O3.ClH/c1-2-20-14(19)17-8-5-15(11-17)9-12(10-15)16-6-3-13(18)4-7-16;/h12H,2-11H2,1H3;1H. The highest BCUT2D eigenvalue weighted by molar-refractivity contribution is 5.85. The van der Waals surface area contributed by atoms with E-state index >= 15 is 0 Å². The van der Waals surface area contributed by atoms with Crippen molar-refractivity contribution in [1.29, 1.82) is 0 Å². The van der Waals surface area contributed by atoms with Crippen LogP contribution in [0.15, 0.2) is 0 Å².